The summed E-state index contributed by atoms with van der Waals surface area (Å²) in [5.74, 6) is 0.323. The van der Waals surface area contributed by atoms with Gasteiger partial charge in [0.05, 0.1) is 48.6 Å². The van der Waals surface area contributed by atoms with Crippen molar-refractivity contribution in [2.24, 2.45) is 5.41 Å². The number of aromatic amines is 1. The van der Waals surface area contributed by atoms with Crippen LogP contribution in [-0.4, -0.2) is 65.1 Å². The van der Waals surface area contributed by atoms with E-state index in [-0.39, 0.29) is 23.2 Å². The number of hydrogen-bond acceptors (Lipinski definition) is 14. The molecule has 21 nitrogen and oxygen atoms in total. The molecule has 1 aromatic carbocycles. The molecule has 3 rings (SSSR count). The zero-order chi connectivity index (χ0) is 34.8. The molecule has 0 radical (unpaired) electrons. The van der Waals surface area contributed by atoms with Crippen molar-refractivity contribution in [1.29, 1.82) is 0 Å². The lowest BCUT2D eigenvalue weighted by atomic mass is 9.83. The van der Waals surface area contributed by atoms with Gasteiger partial charge in [-0.2, -0.15) is 8.62 Å². The quantitative estimate of drug-likeness (QED) is 0.0920. The van der Waals surface area contributed by atoms with Crippen molar-refractivity contribution in [1.82, 2.24) is 9.55 Å². The number of H-pyrrole nitrogens is 1. The van der Waals surface area contributed by atoms with E-state index in [4.69, 9.17) is 24.0 Å². The number of methoxy groups -OCH3 is 1. The molecule has 1 aliphatic rings. The Morgan fingerprint density at radius 2 is 1.78 bits per heavy atom. The Morgan fingerprint density at radius 3 is 2.35 bits per heavy atom. The van der Waals surface area contributed by atoms with E-state index in [9.17, 15) is 48.3 Å². The Balaban J connectivity index is 1.79. The Bertz CT molecular complexity index is 1700. The number of aliphatic hydroxyl groups excluding tert-OH is 1. The summed E-state index contributed by atoms with van der Waals surface area (Å²) in [6.07, 6.45) is -4.40. The topological polar surface area (TPSA) is 306 Å². The standard InChI is InChI=1S/C22H32N3O18P3/c1-22(2,3)19(14-7-13(38-4)5-6-15(14)25(29)30)39-10-12-9-24(21(28)23-20(12)27)18-8-16(26)17(41-18)11-40-45(34,35)43-46(36,37)42-44(31,32)33/h5-7,9,16-19,26H,8,10-11H2,1-4H3,(H,34,35)(H,36,37)(H,23,27,28)(H2,31,32,33)/t16-,17+,18+,19+/m0/s1. The number of nitro benzene ring substituents is 1. The van der Waals surface area contributed by atoms with E-state index in [1.807, 2.05) is 0 Å². The van der Waals surface area contributed by atoms with E-state index < -0.39 is 82.8 Å². The highest BCUT2D eigenvalue weighted by Gasteiger charge is 2.43. The molecule has 2 aromatic rings. The highest BCUT2D eigenvalue weighted by atomic mass is 31.3. The van der Waals surface area contributed by atoms with Crippen LogP contribution in [0.5, 0.6) is 5.75 Å². The van der Waals surface area contributed by atoms with Crippen molar-refractivity contribution in [2.45, 2.75) is 58.3 Å². The van der Waals surface area contributed by atoms with Crippen LogP contribution in [0.2, 0.25) is 0 Å². The molecule has 6 N–H and O–H groups in total. The summed E-state index contributed by atoms with van der Waals surface area (Å²) >= 11 is 0. The molecule has 2 unspecified atom stereocenters. The molecule has 0 amide bonds. The van der Waals surface area contributed by atoms with E-state index in [0.29, 0.717) is 5.75 Å². The maximum Gasteiger partial charge on any atom is 0.490 e. The summed E-state index contributed by atoms with van der Waals surface area (Å²) in [4.78, 5) is 74.7. The lowest BCUT2D eigenvalue weighted by molar-refractivity contribution is -0.386. The molecule has 1 saturated heterocycles. The van der Waals surface area contributed by atoms with E-state index in [1.54, 1.807) is 20.8 Å². The third kappa shape index (κ3) is 10.2. The fraction of sp³-hybridized carbons (Fsp3) is 0.545. The van der Waals surface area contributed by atoms with Gasteiger partial charge < -0.3 is 38.9 Å². The van der Waals surface area contributed by atoms with E-state index in [1.165, 1.54) is 25.3 Å². The Morgan fingerprint density at radius 1 is 1.13 bits per heavy atom. The van der Waals surface area contributed by atoms with Gasteiger partial charge in [0, 0.05) is 18.7 Å². The minimum atomic E-state index is -5.78. The summed E-state index contributed by atoms with van der Waals surface area (Å²) in [6.45, 7) is 3.83. The van der Waals surface area contributed by atoms with Crippen molar-refractivity contribution in [2.75, 3.05) is 13.7 Å². The summed E-state index contributed by atoms with van der Waals surface area (Å²) in [5, 5.41) is 22.2. The maximum atomic E-state index is 12.7. The van der Waals surface area contributed by atoms with Crippen LogP contribution < -0.4 is 16.0 Å². The van der Waals surface area contributed by atoms with Crippen molar-refractivity contribution in [3.8, 4) is 5.75 Å². The van der Waals surface area contributed by atoms with Gasteiger partial charge in [0.15, 0.2) is 0 Å². The minimum absolute atomic E-state index is 0.116. The lowest BCUT2D eigenvalue weighted by Gasteiger charge is -2.31. The van der Waals surface area contributed by atoms with Gasteiger partial charge in [-0.15, -0.1) is 0 Å². The average molecular weight is 719 g/mol. The smallest absolute Gasteiger partial charge is 0.490 e. The number of aromatic nitrogens is 2. The summed E-state index contributed by atoms with van der Waals surface area (Å²) < 4.78 is 63.6. The van der Waals surface area contributed by atoms with Crippen molar-refractivity contribution >= 4 is 29.2 Å². The average Bonchev–Trinajstić information content (AvgIpc) is 3.25. The molecular formula is C22H32N3O18P3. The molecule has 2 heterocycles. The van der Waals surface area contributed by atoms with Gasteiger partial charge in [-0.1, -0.05) is 20.8 Å². The molecule has 0 bridgehead atoms. The van der Waals surface area contributed by atoms with Crippen LogP contribution in [0.4, 0.5) is 5.69 Å². The number of nitro groups is 1. The second kappa shape index (κ2) is 14.2. The van der Waals surface area contributed by atoms with Gasteiger partial charge in [0.2, 0.25) is 0 Å². The molecular weight excluding hydrogens is 687 g/mol. The van der Waals surface area contributed by atoms with Crippen LogP contribution >= 0.6 is 23.5 Å². The Kier molecular flexibility index (Phi) is 11.7. The maximum absolute atomic E-state index is 12.7. The second-order valence-corrected chi connectivity index (χ2v) is 15.3. The number of phosphoric ester groups is 1. The Labute approximate surface area is 259 Å². The molecule has 6 atom stereocenters. The third-order valence-electron chi connectivity index (χ3n) is 6.28. The summed E-state index contributed by atoms with van der Waals surface area (Å²) in [5.41, 5.74) is -2.77. The SMILES string of the molecule is COc1ccc([N+](=O)[O-])c([C@@H](OCc2cn([C@H]3C[C@H](O)[C@@H](COP(=O)(O)OP(=O)(O)OP(=O)(O)O)O3)c(=O)[nH]c2=O)C(C)(C)C)c1. The first-order valence-electron chi connectivity index (χ1n) is 12.9. The first-order valence-corrected chi connectivity index (χ1v) is 17.4. The molecule has 0 spiro atoms. The second-order valence-electron chi connectivity index (χ2n) is 10.9. The number of aliphatic hydroxyl groups is 1. The van der Waals surface area contributed by atoms with Gasteiger partial charge in [-0.05, 0) is 17.5 Å². The van der Waals surface area contributed by atoms with E-state index in [0.717, 1.165) is 10.8 Å². The Hall–Kier alpha value is -2.61. The summed E-state index contributed by atoms with van der Waals surface area (Å²) in [6, 6.07) is 4.11. The zero-order valence-electron chi connectivity index (χ0n) is 24.5. The van der Waals surface area contributed by atoms with Gasteiger partial charge in [0.1, 0.15) is 18.1 Å². The number of nitrogens with zero attached hydrogens (tertiary/aromatic N) is 2. The van der Waals surface area contributed by atoms with Gasteiger partial charge in [-0.25, -0.2) is 18.5 Å². The third-order valence-corrected chi connectivity index (χ3v) is 10.1. The monoisotopic (exact) mass is 719 g/mol. The number of phosphoric acid groups is 3. The van der Waals surface area contributed by atoms with Gasteiger partial charge in [-0.3, -0.25) is 29.0 Å². The van der Waals surface area contributed by atoms with Gasteiger partial charge in [0.25, 0.3) is 11.2 Å². The van der Waals surface area contributed by atoms with Gasteiger partial charge >= 0.3 is 29.2 Å². The van der Waals surface area contributed by atoms with Crippen LogP contribution in [0.1, 0.15) is 50.7 Å². The van der Waals surface area contributed by atoms with Crippen LogP contribution in [0.25, 0.3) is 0 Å². The molecule has 0 aliphatic carbocycles. The van der Waals surface area contributed by atoms with Crippen molar-refractivity contribution in [3.05, 3.63) is 66.5 Å². The largest absolute Gasteiger partial charge is 0.497 e. The van der Waals surface area contributed by atoms with Crippen LogP contribution in [-0.2, 0) is 42.9 Å². The highest BCUT2D eigenvalue weighted by molar-refractivity contribution is 7.66. The fourth-order valence-corrected chi connectivity index (χ4v) is 7.40. The minimum Gasteiger partial charge on any atom is -0.497 e. The van der Waals surface area contributed by atoms with Crippen molar-refractivity contribution in [3.63, 3.8) is 0 Å². The molecule has 1 aliphatic heterocycles. The molecule has 258 valence electrons. The zero-order valence-corrected chi connectivity index (χ0v) is 27.2. The number of rotatable bonds is 14. The normalized spacial score (nSPS) is 22.2. The van der Waals surface area contributed by atoms with Crippen LogP contribution in [0.15, 0.2) is 34.0 Å². The lowest BCUT2D eigenvalue weighted by Crippen LogP contribution is -2.35. The van der Waals surface area contributed by atoms with Crippen molar-refractivity contribution < 1.29 is 70.7 Å². The predicted molar refractivity (Wildman–Crippen MR) is 152 cm³/mol. The summed E-state index contributed by atoms with van der Waals surface area (Å²) in [7, 11) is -15.5. The number of hydrogen-bond donors (Lipinski definition) is 6. The molecule has 46 heavy (non-hydrogen) atoms. The highest BCUT2D eigenvalue weighted by Crippen LogP contribution is 2.66. The first kappa shape index (κ1) is 37.8. The number of benzene rings is 1. The molecule has 24 heteroatoms. The molecule has 1 fully saturated rings. The molecule has 1 aromatic heterocycles. The van der Waals surface area contributed by atoms with E-state index in [2.05, 4.69) is 18.1 Å². The number of ether oxygens (including phenoxy) is 3. The predicted octanol–water partition coefficient (Wildman–Crippen LogP) is 1.75. The first-order chi connectivity index (χ1) is 21.0. The van der Waals surface area contributed by atoms with Crippen LogP contribution in [0.3, 0.4) is 0 Å². The number of nitrogens with one attached hydrogen (secondary N) is 1. The molecule has 0 saturated carbocycles. The fourth-order valence-electron chi connectivity index (χ4n) is 4.37. The van der Waals surface area contributed by atoms with E-state index >= 15 is 0 Å². The van der Waals surface area contributed by atoms with Crippen LogP contribution in [0, 0.1) is 15.5 Å².